The van der Waals surface area contributed by atoms with Crippen LogP contribution >= 0.6 is 0 Å². The van der Waals surface area contributed by atoms with Crippen molar-refractivity contribution in [3.63, 3.8) is 0 Å². The Morgan fingerprint density at radius 2 is 1.89 bits per heavy atom. The predicted octanol–water partition coefficient (Wildman–Crippen LogP) is -3.62. The molecule has 0 saturated carbocycles. The maximum absolute atomic E-state index is 12.6. The number of nitrogens with zero attached hydrogens (tertiary/aromatic N) is 2. The van der Waals surface area contributed by atoms with Gasteiger partial charge in [-0.15, -0.1) is 0 Å². The number of nitrogens with one attached hydrogen (secondary N) is 3. The number of aromatic amines is 1. The van der Waals surface area contributed by atoms with Crippen LogP contribution in [0.5, 0.6) is 0 Å². The smallest absolute Gasteiger partial charge is 0.326 e. The van der Waals surface area contributed by atoms with E-state index < -0.39 is 42.5 Å². The van der Waals surface area contributed by atoms with Gasteiger partial charge in [0.25, 0.3) is 0 Å². The van der Waals surface area contributed by atoms with Gasteiger partial charge in [-0.05, 0) is 12.8 Å². The normalized spacial score (nSPS) is 13.8. The van der Waals surface area contributed by atoms with Crippen molar-refractivity contribution in [3.8, 4) is 0 Å². The summed E-state index contributed by atoms with van der Waals surface area (Å²) in [5, 5.41) is 23.1. The first-order valence-electron chi connectivity index (χ1n) is 8.47. The maximum atomic E-state index is 12.6. The number of aliphatic imine (C=N–C) groups is 1. The van der Waals surface area contributed by atoms with E-state index >= 15 is 0 Å². The fourth-order valence-electron chi connectivity index (χ4n) is 2.22. The lowest BCUT2D eigenvalue weighted by molar-refractivity contribution is -0.142. The number of imidazole rings is 1. The molecule has 13 heteroatoms. The van der Waals surface area contributed by atoms with E-state index in [0.29, 0.717) is 12.1 Å². The molecule has 0 aliphatic carbocycles. The van der Waals surface area contributed by atoms with Crippen LogP contribution in [0, 0.1) is 0 Å². The summed E-state index contributed by atoms with van der Waals surface area (Å²) in [6, 6.07) is -3.54. The van der Waals surface area contributed by atoms with Gasteiger partial charge in [0.05, 0.1) is 12.9 Å². The highest BCUT2D eigenvalue weighted by Crippen LogP contribution is 2.03. The third-order valence-electron chi connectivity index (χ3n) is 3.71. The first kappa shape index (κ1) is 22.9. The zero-order valence-electron chi connectivity index (χ0n) is 15.2. The summed E-state index contributed by atoms with van der Waals surface area (Å²) in [6.45, 7) is -0.394. The van der Waals surface area contributed by atoms with Crippen molar-refractivity contribution in [3.05, 3.63) is 18.2 Å². The molecule has 3 atom stereocenters. The molecule has 0 aliphatic rings. The lowest BCUT2D eigenvalue weighted by Gasteiger charge is -2.22. The van der Waals surface area contributed by atoms with Gasteiger partial charge in [-0.3, -0.25) is 14.6 Å². The van der Waals surface area contributed by atoms with Gasteiger partial charge in [-0.2, -0.15) is 0 Å². The number of aliphatic hydroxyl groups is 1. The lowest BCUT2D eigenvalue weighted by Crippen LogP contribution is -2.55. The zero-order valence-corrected chi connectivity index (χ0v) is 15.2. The second kappa shape index (κ2) is 11.5. The standard InChI is InChI=1S/C15H26N8O5/c16-9(6-24)12(25)23-11(4-8-5-19-7-21-8)13(26)22-10(14(27)28)2-1-3-20-15(17)18/h5,7,9-11,24H,1-4,6,16H2,(H,19,21)(H,22,26)(H,23,25)(H,27,28)(H4,17,18,20)/t9-,10-,11-/m0/s1. The van der Waals surface area contributed by atoms with Crippen molar-refractivity contribution in [1.29, 1.82) is 0 Å². The highest BCUT2D eigenvalue weighted by atomic mass is 16.4. The predicted molar refractivity (Wildman–Crippen MR) is 98.8 cm³/mol. The van der Waals surface area contributed by atoms with Crippen LogP contribution < -0.4 is 27.8 Å². The van der Waals surface area contributed by atoms with Crippen LogP contribution in [0.1, 0.15) is 18.5 Å². The molecule has 0 aromatic carbocycles. The second-order valence-electron chi connectivity index (χ2n) is 5.98. The molecule has 0 unspecified atom stereocenters. The molecule has 2 amide bonds. The Morgan fingerprint density at radius 3 is 2.43 bits per heavy atom. The van der Waals surface area contributed by atoms with E-state index in [4.69, 9.17) is 22.3 Å². The second-order valence-corrected chi connectivity index (χ2v) is 5.98. The number of rotatable bonds is 12. The van der Waals surface area contributed by atoms with Gasteiger partial charge in [0.1, 0.15) is 18.1 Å². The van der Waals surface area contributed by atoms with Gasteiger partial charge >= 0.3 is 5.97 Å². The van der Waals surface area contributed by atoms with Crippen molar-refractivity contribution in [1.82, 2.24) is 20.6 Å². The number of aromatic nitrogens is 2. The number of hydrogen-bond donors (Lipinski definition) is 8. The Labute approximate surface area is 160 Å². The number of hydrogen-bond acceptors (Lipinski definition) is 7. The highest BCUT2D eigenvalue weighted by molar-refractivity contribution is 5.91. The number of carbonyl (C=O) groups is 3. The Balaban J connectivity index is 2.79. The van der Waals surface area contributed by atoms with E-state index in [2.05, 4.69) is 25.6 Å². The maximum Gasteiger partial charge on any atom is 0.326 e. The van der Waals surface area contributed by atoms with Gasteiger partial charge in [-0.1, -0.05) is 0 Å². The van der Waals surface area contributed by atoms with E-state index in [1.54, 1.807) is 0 Å². The van der Waals surface area contributed by atoms with E-state index in [9.17, 15) is 19.5 Å². The minimum absolute atomic E-state index is 0.0239. The minimum atomic E-state index is -1.24. The van der Waals surface area contributed by atoms with E-state index in [-0.39, 0.29) is 25.3 Å². The summed E-state index contributed by atoms with van der Waals surface area (Å²) in [5.41, 5.74) is 16.4. The van der Waals surface area contributed by atoms with Crippen molar-refractivity contribution in [2.75, 3.05) is 13.2 Å². The minimum Gasteiger partial charge on any atom is -0.480 e. The van der Waals surface area contributed by atoms with Gasteiger partial charge in [0.15, 0.2) is 5.96 Å². The van der Waals surface area contributed by atoms with Crippen LogP contribution in [-0.2, 0) is 20.8 Å². The topological polar surface area (TPSA) is 235 Å². The number of carboxylic acid groups (broad SMARTS) is 1. The Kier molecular flexibility index (Phi) is 9.39. The summed E-state index contributed by atoms with van der Waals surface area (Å²) in [6.07, 6.45) is 3.29. The average molecular weight is 398 g/mol. The van der Waals surface area contributed by atoms with Gasteiger partial charge in [0.2, 0.25) is 11.8 Å². The van der Waals surface area contributed by atoms with Crippen LogP contribution in [0.15, 0.2) is 17.5 Å². The number of nitrogens with two attached hydrogens (primary N) is 3. The van der Waals surface area contributed by atoms with Crippen LogP contribution in [0.2, 0.25) is 0 Å². The number of carbonyl (C=O) groups excluding carboxylic acids is 2. The van der Waals surface area contributed by atoms with Gasteiger partial charge < -0.3 is 43.0 Å². The molecule has 0 bridgehead atoms. The van der Waals surface area contributed by atoms with Crippen LogP contribution in [0.4, 0.5) is 0 Å². The Hall–Kier alpha value is -3.19. The third kappa shape index (κ3) is 8.01. The molecule has 13 nitrogen and oxygen atoms in total. The molecule has 1 aromatic rings. The molecular weight excluding hydrogens is 372 g/mol. The quantitative estimate of drug-likeness (QED) is 0.0983. The van der Waals surface area contributed by atoms with Crippen LogP contribution in [0.3, 0.4) is 0 Å². The number of carboxylic acids is 1. The average Bonchev–Trinajstić information content (AvgIpc) is 3.15. The van der Waals surface area contributed by atoms with E-state index in [0.717, 1.165) is 0 Å². The Morgan fingerprint density at radius 1 is 1.21 bits per heavy atom. The van der Waals surface area contributed by atoms with E-state index in [1.165, 1.54) is 12.5 Å². The van der Waals surface area contributed by atoms with E-state index in [1.807, 2.05) is 0 Å². The first-order valence-corrected chi connectivity index (χ1v) is 8.47. The summed E-state index contributed by atoms with van der Waals surface area (Å²) in [7, 11) is 0. The highest BCUT2D eigenvalue weighted by Gasteiger charge is 2.28. The number of aliphatic hydroxyl groups excluding tert-OH is 1. The van der Waals surface area contributed by atoms with Crippen LogP contribution in [0.25, 0.3) is 0 Å². The third-order valence-corrected chi connectivity index (χ3v) is 3.71. The summed E-state index contributed by atoms with van der Waals surface area (Å²) in [5.74, 6) is -2.82. The zero-order chi connectivity index (χ0) is 21.1. The molecule has 28 heavy (non-hydrogen) atoms. The van der Waals surface area contributed by atoms with Crippen molar-refractivity contribution < 1.29 is 24.6 Å². The largest absolute Gasteiger partial charge is 0.480 e. The van der Waals surface area contributed by atoms with Crippen molar-refractivity contribution in [2.45, 2.75) is 37.4 Å². The number of H-pyrrole nitrogens is 1. The molecule has 0 fully saturated rings. The van der Waals surface area contributed by atoms with Crippen molar-refractivity contribution >= 4 is 23.7 Å². The molecule has 1 heterocycles. The lowest BCUT2D eigenvalue weighted by atomic mass is 10.1. The monoisotopic (exact) mass is 398 g/mol. The van der Waals surface area contributed by atoms with Gasteiger partial charge in [-0.25, -0.2) is 9.78 Å². The fourth-order valence-corrected chi connectivity index (χ4v) is 2.22. The molecule has 0 saturated heterocycles. The summed E-state index contributed by atoms with van der Waals surface area (Å²) < 4.78 is 0. The van der Waals surface area contributed by atoms with Crippen molar-refractivity contribution in [2.24, 2.45) is 22.2 Å². The first-order chi connectivity index (χ1) is 13.2. The number of guanidine groups is 1. The molecule has 1 aromatic heterocycles. The molecule has 11 N–H and O–H groups in total. The molecule has 0 radical (unpaired) electrons. The number of amides is 2. The molecule has 0 spiro atoms. The number of aliphatic carboxylic acids is 1. The molecular formula is C15H26N8O5. The summed E-state index contributed by atoms with van der Waals surface area (Å²) in [4.78, 5) is 46.3. The molecule has 156 valence electrons. The van der Waals surface area contributed by atoms with Crippen LogP contribution in [-0.4, -0.2) is 75.2 Å². The SMILES string of the molecule is NC(N)=NCCC[C@H](NC(=O)[C@H](Cc1cnc[nH]1)NC(=O)[C@@H](N)CO)C(=O)O. The molecule has 0 aliphatic heterocycles. The van der Waals surface area contributed by atoms with Gasteiger partial charge in [0, 0.05) is 24.9 Å². The molecule has 1 rings (SSSR count). The fraction of sp³-hybridized carbons (Fsp3) is 0.533. The summed E-state index contributed by atoms with van der Waals surface area (Å²) >= 11 is 0. The Bertz CT molecular complexity index is 674.